The van der Waals surface area contributed by atoms with Gasteiger partial charge in [0.2, 0.25) is 0 Å². The molecule has 1 aromatic rings. The van der Waals surface area contributed by atoms with Crippen LogP contribution < -0.4 is 5.14 Å². The first kappa shape index (κ1) is 15.1. The molecule has 0 aliphatic carbocycles. The highest BCUT2D eigenvalue weighted by Crippen LogP contribution is 2.12. The normalized spacial score (nSPS) is 15.8. The van der Waals surface area contributed by atoms with Crippen LogP contribution in [-0.4, -0.2) is 15.1 Å². The van der Waals surface area contributed by atoms with Gasteiger partial charge in [0.25, 0.3) is 0 Å². The van der Waals surface area contributed by atoms with E-state index in [9.17, 15) is 4.21 Å². The van der Waals surface area contributed by atoms with Gasteiger partial charge in [-0.15, -0.1) is 0 Å². The Labute approximate surface area is 112 Å². The first-order valence-corrected chi connectivity index (χ1v) is 7.14. The third-order valence-corrected chi connectivity index (χ3v) is 3.82. The molecule has 0 radical (unpaired) electrons. The lowest BCUT2D eigenvalue weighted by atomic mass is 10.1. The Kier molecular flexibility index (Phi) is 5.72. The molecule has 0 heterocycles. The van der Waals surface area contributed by atoms with Crippen LogP contribution in [-0.2, 0) is 22.3 Å². The first-order chi connectivity index (χ1) is 8.42. The topological polar surface area (TPSA) is 52.3 Å². The summed E-state index contributed by atoms with van der Waals surface area (Å²) in [5.74, 6) is 0. The molecule has 0 fully saturated rings. The lowest BCUT2D eigenvalue weighted by Crippen LogP contribution is -2.29. The van der Waals surface area contributed by atoms with E-state index in [0.717, 1.165) is 5.56 Å². The largest absolute Gasteiger partial charge is 0.370 e. The van der Waals surface area contributed by atoms with Crippen molar-refractivity contribution in [3.63, 3.8) is 0 Å². The SMILES string of the molecule is C[C@@H](/C=C/C(C)(C)S(N)=O)OCc1ccccc1. The van der Waals surface area contributed by atoms with E-state index in [1.165, 1.54) is 0 Å². The second-order valence-electron chi connectivity index (χ2n) is 4.76. The van der Waals surface area contributed by atoms with Gasteiger partial charge in [-0.2, -0.15) is 0 Å². The van der Waals surface area contributed by atoms with Crippen LogP contribution in [0.1, 0.15) is 26.3 Å². The van der Waals surface area contributed by atoms with Gasteiger partial charge in [0.15, 0.2) is 0 Å². The lowest BCUT2D eigenvalue weighted by molar-refractivity contribution is 0.0838. The van der Waals surface area contributed by atoms with Crippen LogP contribution in [0.3, 0.4) is 0 Å². The van der Waals surface area contributed by atoms with Crippen molar-refractivity contribution in [3.05, 3.63) is 48.0 Å². The molecule has 0 amide bonds. The second-order valence-corrected chi connectivity index (χ2v) is 6.41. The molecule has 18 heavy (non-hydrogen) atoms. The average molecular weight is 267 g/mol. The van der Waals surface area contributed by atoms with Gasteiger partial charge in [-0.05, 0) is 26.3 Å². The monoisotopic (exact) mass is 267 g/mol. The van der Waals surface area contributed by atoms with Crippen molar-refractivity contribution < 1.29 is 8.95 Å². The van der Waals surface area contributed by atoms with Gasteiger partial charge >= 0.3 is 0 Å². The zero-order valence-corrected chi connectivity index (χ0v) is 11.9. The molecule has 0 saturated heterocycles. The van der Waals surface area contributed by atoms with Gasteiger partial charge in [-0.1, -0.05) is 42.5 Å². The minimum absolute atomic E-state index is 0.0342. The third kappa shape index (κ3) is 5.12. The van der Waals surface area contributed by atoms with Gasteiger partial charge < -0.3 is 4.74 Å². The van der Waals surface area contributed by atoms with E-state index in [4.69, 9.17) is 9.88 Å². The van der Waals surface area contributed by atoms with Gasteiger partial charge in [-0.25, -0.2) is 4.21 Å². The smallest absolute Gasteiger partial charge is 0.0984 e. The minimum Gasteiger partial charge on any atom is -0.370 e. The highest BCUT2D eigenvalue weighted by Gasteiger charge is 2.19. The molecule has 1 aromatic carbocycles. The third-order valence-electron chi connectivity index (χ3n) is 2.64. The second kappa shape index (κ2) is 6.83. The summed E-state index contributed by atoms with van der Waals surface area (Å²) in [6.07, 6.45) is 3.71. The van der Waals surface area contributed by atoms with Gasteiger partial charge in [0.1, 0.15) is 0 Å². The molecule has 1 unspecified atom stereocenters. The van der Waals surface area contributed by atoms with Crippen molar-refractivity contribution in [2.75, 3.05) is 0 Å². The van der Waals surface area contributed by atoms with E-state index in [-0.39, 0.29) is 6.10 Å². The van der Waals surface area contributed by atoms with Crippen molar-refractivity contribution in [1.29, 1.82) is 0 Å². The summed E-state index contributed by atoms with van der Waals surface area (Å²) in [6, 6.07) is 10.00. The molecule has 0 spiro atoms. The number of benzene rings is 1. The van der Waals surface area contributed by atoms with Crippen LogP contribution >= 0.6 is 0 Å². The fourth-order valence-corrected chi connectivity index (χ4v) is 1.50. The van der Waals surface area contributed by atoms with E-state index in [2.05, 4.69) is 0 Å². The zero-order valence-electron chi connectivity index (χ0n) is 11.1. The highest BCUT2D eigenvalue weighted by atomic mass is 32.2. The summed E-state index contributed by atoms with van der Waals surface area (Å²) >= 11 is 0. The zero-order chi connectivity index (χ0) is 13.6. The molecular weight excluding hydrogens is 246 g/mol. The Morgan fingerprint density at radius 3 is 2.56 bits per heavy atom. The predicted octanol–water partition coefficient (Wildman–Crippen LogP) is 2.55. The molecule has 0 aliphatic heterocycles. The summed E-state index contributed by atoms with van der Waals surface area (Å²) in [5, 5.41) is 5.40. The molecule has 0 aromatic heterocycles. The summed E-state index contributed by atoms with van der Waals surface area (Å²) in [7, 11) is -1.37. The quantitative estimate of drug-likeness (QED) is 0.805. The maximum atomic E-state index is 11.3. The summed E-state index contributed by atoms with van der Waals surface area (Å²) in [4.78, 5) is 0. The summed E-state index contributed by atoms with van der Waals surface area (Å²) in [6.45, 7) is 6.19. The van der Waals surface area contributed by atoms with Crippen LogP contribution in [0.2, 0.25) is 0 Å². The van der Waals surface area contributed by atoms with E-state index >= 15 is 0 Å². The first-order valence-electron chi connectivity index (χ1n) is 5.93. The summed E-state index contributed by atoms with van der Waals surface area (Å²) in [5.41, 5.74) is 1.14. The predicted molar refractivity (Wildman–Crippen MR) is 76.2 cm³/mol. The van der Waals surface area contributed by atoms with Gasteiger partial charge in [0.05, 0.1) is 28.4 Å². The van der Waals surface area contributed by atoms with Crippen LogP contribution in [0.5, 0.6) is 0 Å². The van der Waals surface area contributed by atoms with Crippen LogP contribution in [0.4, 0.5) is 0 Å². The van der Waals surface area contributed by atoms with Crippen molar-refractivity contribution >= 4 is 11.0 Å². The molecule has 100 valence electrons. The van der Waals surface area contributed by atoms with Crippen LogP contribution in [0.25, 0.3) is 0 Å². The maximum Gasteiger partial charge on any atom is 0.0984 e. The van der Waals surface area contributed by atoms with Crippen LogP contribution in [0.15, 0.2) is 42.5 Å². The molecular formula is C14H21NO2S. The number of hydrogen-bond acceptors (Lipinski definition) is 2. The molecule has 3 nitrogen and oxygen atoms in total. The summed E-state index contributed by atoms with van der Waals surface area (Å²) < 4.78 is 16.4. The Bertz CT molecular complexity index is 415. The minimum atomic E-state index is -1.37. The molecule has 0 saturated carbocycles. The standard InChI is InChI=1S/C14H21NO2S/c1-12(9-10-14(2,3)18(15)16)17-11-13-7-5-4-6-8-13/h4-10,12H,11,15H2,1-3H3/b10-9+/t12-,18?/m0/s1. The van der Waals surface area contributed by atoms with Crippen LogP contribution in [0, 0.1) is 0 Å². The van der Waals surface area contributed by atoms with Gasteiger partial charge in [0, 0.05) is 0 Å². The maximum absolute atomic E-state index is 11.3. The van der Waals surface area contributed by atoms with E-state index in [1.807, 2.05) is 63.3 Å². The number of rotatable bonds is 6. The average Bonchev–Trinajstić information content (AvgIpc) is 2.35. The molecule has 4 heteroatoms. The van der Waals surface area contributed by atoms with E-state index in [0.29, 0.717) is 6.61 Å². The highest BCUT2D eigenvalue weighted by molar-refractivity contribution is 7.84. The molecule has 0 aliphatic rings. The van der Waals surface area contributed by atoms with Crippen molar-refractivity contribution in [1.82, 2.24) is 0 Å². The Hall–Kier alpha value is -0.970. The van der Waals surface area contributed by atoms with E-state index in [1.54, 1.807) is 0 Å². The van der Waals surface area contributed by atoms with Crippen molar-refractivity contribution in [3.8, 4) is 0 Å². The van der Waals surface area contributed by atoms with Crippen molar-refractivity contribution in [2.24, 2.45) is 5.14 Å². The fourth-order valence-electron chi connectivity index (χ4n) is 1.29. The number of nitrogens with two attached hydrogens (primary N) is 1. The van der Waals surface area contributed by atoms with E-state index < -0.39 is 15.7 Å². The fraction of sp³-hybridized carbons (Fsp3) is 0.429. The van der Waals surface area contributed by atoms with Gasteiger partial charge in [-0.3, -0.25) is 5.14 Å². The van der Waals surface area contributed by atoms with Crippen molar-refractivity contribution in [2.45, 2.75) is 38.2 Å². The Morgan fingerprint density at radius 1 is 1.39 bits per heavy atom. The number of hydrogen-bond donors (Lipinski definition) is 1. The molecule has 1 rings (SSSR count). The Balaban J connectivity index is 2.45. The molecule has 0 bridgehead atoms. The molecule has 2 atom stereocenters. The lowest BCUT2D eigenvalue weighted by Gasteiger charge is -2.17. The molecule has 2 N–H and O–H groups in total. The number of ether oxygens (including phenoxy) is 1. The Morgan fingerprint density at radius 2 is 2.00 bits per heavy atom.